The molecule has 4 bridgehead atoms. The molecular formula is C22H26ClNO5. The van der Waals surface area contributed by atoms with E-state index in [2.05, 4.69) is 5.32 Å². The molecule has 2 atom stereocenters. The molecule has 4 fully saturated rings. The number of hydrogen-bond donors (Lipinski definition) is 1. The van der Waals surface area contributed by atoms with Crippen molar-refractivity contribution in [1.29, 1.82) is 0 Å². The van der Waals surface area contributed by atoms with Crippen LogP contribution in [0.4, 0.5) is 5.69 Å². The third-order valence-corrected chi connectivity index (χ3v) is 6.88. The third-order valence-electron chi connectivity index (χ3n) is 6.44. The number of anilines is 1. The highest BCUT2D eigenvalue weighted by atomic mass is 35.5. The molecule has 6 nitrogen and oxygen atoms in total. The Morgan fingerprint density at radius 3 is 2.31 bits per heavy atom. The predicted octanol–water partition coefficient (Wildman–Crippen LogP) is 3.92. The van der Waals surface area contributed by atoms with Crippen molar-refractivity contribution in [3.05, 3.63) is 29.8 Å². The van der Waals surface area contributed by atoms with E-state index in [0.717, 1.165) is 32.1 Å². The number of alkyl halides is 1. The van der Waals surface area contributed by atoms with E-state index in [1.54, 1.807) is 31.2 Å². The Labute approximate surface area is 175 Å². The smallest absolute Gasteiger partial charge is 0.338 e. The van der Waals surface area contributed by atoms with Gasteiger partial charge in [0.15, 0.2) is 6.61 Å². The maximum atomic E-state index is 12.9. The number of halogens is 1. The number of benzene rings is 1. The Kier molecular flexibility index (Phi) is 5.32. The van der Waals surface area contributed by atoms with E-state index in [0.29, 0.717) is 36.1 Å². The Morgan fingerprint density at radius 2 is 1.72 bits per heavy atom. The molecule has 1 amide bonds. The number of ether oxygens (including phenoxy) is 2. The fourth-order valence-corrected chi connectivity index (χ4v) is 6.47. The maximum absolute atomic E-state index is 12.9. The van der Waals surface area contributed by atoms with Gasteiger partial charge in [0, 0.05) is 10.6 Å². The second-order valence-corrected chi connectivity index (χ2v) is 9.62. The van der Waals surface area contributed by atoms with Crippen molar-refractivity contribution >= 4 is 35.1 Å². The number of hydrogen-bond acceptors (Lipinski definition) is 5. The van der Waals surface area contributed by atoms with Gasteiger partial charge in [-0.1, -0.05) is 0 Å². The second-order valence-electron chi connectivity index (χ2n) is 8.81. The summed E-state index contributed by atoms with van der Waals surface area (Å²) in [6.45, 7) is 1.71. The molecule has 7 heteroatoms. The van der Waals surface area contributed by atoms with Gasteiger partial charge in [0.05, 0.1) is 17.6 Å². The molecule has 0 aliphatic heterocycles. The van der Waals surface area contributed by atoms with Gasteiger partial charge in [0.25, 0.3) is 5.91 Å². The summed E-state index contributed by atoms with van der Waals surface area (Å²) in [6, 6.07) is 6.38. The largest absolute Gasteiger partial charge is 0.462 e. The Hall–Kier alpha value is -2.08. The molecule has 1 N–H and O–H groups in total. The van der Waals surface area contributed by atoms with E-state index in [9.17, 15) is 14.4 Å². The molecule has 29 heavy (non-hydrogen) atoms. The highest BCUT2D eigenvalue weighted by Gasteiger charge is 2.60. The lowest BCUT2D eigenvalue weighted by atomic mass is 9.49. The molecule has 2 unspecified atom stereocenters. The maximum Gasteiger partial charge on any atom is 0.338 e. The molecule has 4 saturated carbocycles. The Morgan fingerprint density at radius 1 is 1.07 bits per heavy atom. The van der Waals surface area contributed by atoms with Crippen LogP contribution >= 0.6 is 11.6 Å². The van der Waals surface area contributed by atoms with Crippen LogP contribution in [0.5, 0.6) is 0 Å². The first-order valence-electron chi connectivity index (χ1n) is 10.2. The Bertz CT molecular complexity index is 807. The lowest BCUT2D eigenvalue weighted by Gasteiger charge is -2.58. The fraction of sp³-hybridized carbons (Fsp3) is 0.591. The zero-order valence-corrected chi connectivity index (χ0v) is 17.3. The van der Waals surface area contributed by atoms with Crippen molar-refractivity contribution in [2.24, 2.45) is 17.3 Å². The number of nitrogens with one attached hydrogen (secondary N) is 1. The topological polar surface area (TPSA) is 81.7 Å². The molecule has 4 aliphatic rings. The molecule has 156 valence electrons. The second kappa shape index (κ2) is 7.63. The van der Waals surface area contributed by atoms with Crippen LogP contribution in [0.1, 0.15) is 55.8 Å². The zero-order valence-electron chi connectivity index (χ0n) is 16.5. The fourth-order valence-electron chi connectivity index (χ4n) is 5.77. The van der Waals surface area contributed by atoms with Gasteiger partial charge in [0.1, 0.15) is 0 Å². The van der Waals surface area contributed by atoms with Gasteiger partial charge in [-0.15, -0.1) is 11.6 Å². The van der Waals surface area contributed by atoms with Gasteiger partial charge in [-0.3, -0.25) is 9.59 Å². The average Bonchev–Trinajstić information content (AvgIpc) is 2.65. The summed E-state index contributed by atoms with van der Waals surface area (Å²) in [7, 11) is 0. The van der Waals surface area contributed by atoms with E-state index in [4.69, 9.17) is 21.1 Å². The summed E-state index contributed by atoms with van der Waals surface area (Å²) in [5.74, 6) is -0.120. The van der Waals surface area contributed by atoms with E-state index in [1.807, 2.05) is 0 Å². The molecule has 0 spiro atoms. The third kappa shape index (κ3) is 4.13. The van der Waals surface area contributed by atoms with Gasteiger partial charge in [0.2, 0.25) is 0 Å². The molecule has 5 rings (SSSR count). The van der Waals surface area contributed by atoms with E-state index in [1.165, 1.54) is 0 Å². The normalized spacial score (nSPS) is 31.9. The van der Waals surface area contributed by atoms with E-state index < -0.39 is 17.3 Å². The first-order valence-corrected chi connectivity index (χ1v) is 10.6. The molecule has 1 aromatic rings. The molecule has 0 saturated heterocycles. The van der Waals surface area contributed by atoms with Crippen LogP contribution in [0.25, 0.3) is 0 Å². The van der Waals surface area contributed by atoms with Crippen molar-refractivity contribution in [3.8, 4) is 0 Å². The van der Waals surface area contributed by atoms with Crippen LogP contribution < -0.4 is 5.32 Å². The summed E-state index contributed by atoms with van der Waals surface area (Å²) < 4.78 is 10.3. The lowest BCUT2D eigenvalue weighted by Crippen LogP contribution is -2.56. The van der Waals surface area contributed by atoms with Crippen molar-refractivity contribution in [2.75, 3.05) is 18.5 Å². The molecule has 1 aromatic carbocycles. The monoisotopic (exact) mass is 419 g/mol. The van der Waals surface area contributed by atoms with E-state index in [-0.39, 0.29) is 17.5 Å². The average molecular weight is 420 g/mol. The van der Waals surface area contributed by atoms with Gasteiger partial charge in [-0.2, -0.15) is 0 Å². The zero-order chi connectivity index (χ0) is 20.6. The highest BCUT2D eigenvalue weighted by molar-refractivity contribution is 6.24. The van der Waals surface area contributed by atoms with Crippen LogP contribution in [0, 0.1) is 17.3 Å². The minimum absolute atomic E-state index is 0.272. The highest BCUT2D eigenvalue weighted by Crippen LogP contribution is 2.64. The summed E-state index contributed by atoms with van der Waals surface area (Å²) in [6.07, 6.45) is 5.45. The first-order chi connectivity index (χ1) is 13.8. The number of rotatable bonds is 6. The Balaban J connectivity index is 1.31. The van der Waals surface area contributed by atoms with Crippen molar-refractivity contribution in [2.45, 2.75) is 50.3 Å². The van der Waals surface area contributed by atoms with Crippen LogP contribution in [0.3, 0.4) is 0 Å². The molecule has 0 radical (unpaired) electrons. The van der Waals surface area contributed by atoms with Crippen molar-refractivity contribution in [3.63, 3.8) is 0 Å². The quantitative estimate of drug-likeness (QED) is 0.558. The summed E-state index contributed by atoms with van der Waals surface area (Å²) >= 11 is 6.77. The van der Waals surface area contributed by atoms with Crippen LogP contribution in [-0.2, 0) is 19.1 Å². The number of esters is 2. The van der Waals surface area contributed by atoms with E-state index >= 15 is 0 Å². The van der Waals surface area contributed by atoms with Crippen molar-refractivity contribution < 1.29 is 23.9 Å². The van der Waals surface area contributed by atoms with Gasteiger partial charge >= 0.3 is 11.9 Å². The summed E-state index contributed by atoms with van der Waals surface area (Å²) in [4.78, 5) is 36.5. The van der Waals surface area contributed by atoms with Gasteiger partial charge in [-0.25, -0.2) is 4.79 Å². The van der Waals surface area contributed by atoms with Crippen molar-refractivity contribution in [1.82, 2.24) is 0 Å². The number of carbonyl (C=O) groups is 3. The molecule has 4 aliphatic carbocycles. The summed E-state index contributed by atoms with van der Waals surface area (Å²) in [5, 5.41) is 2.68. The standard InChI is InChI=1S/C22H26ClNO5/c1-2-28-19(26)16-3-5-17(6-4-16)24-18(25)12-29-20(27)21-8-14-7-15(9-21)11-22(23,10-14)13-21/h3-6,14-15H,2,7-13H2,1H3,(H,24,25). The van der Waals surface area contributed by atoms with Crippen LogP contribution in [-0.4, -0.2) is 35.9 Å². The van der Waals surface area contributed by atoms with Crippen LogP contribution in [0.2, 0.25) is 0 Å². The molecule has 0 heterocycles. The van der Waals surface area contributed by atoms with Crippen LogP contribution in [0.15, 0.2) is 24.3 Å². The lowest BCUT2D eigenvalue weighted by molar-refractivity contribution is -0.171. The first kappa shape index (κ1) is 20.2. The number of amides is 1. The SMILES string of the molecule is CCOC(=O)c1ccc(NC(=O)COC(=O)C23CC4CC(CC(Cl)(C4)C2)C3)cc1. The molecule has 0 aromatic heterocycles. The molecular weight excluding hydrogens is 394 g/mol. The number of carbonyl (C=O) groups excluding carboxylic acids is 3. The minimum Gasteiger partial charge on any atom is -0.462 e. The predicted molar refractivity (Wildman–Crippen MR) is 108 cm³/mol. The van der Waals surface area contributed by atoms with Gasteiger partial charge in [-0.05, 0) is 81.5 Å². The minimum atomic E-state index is -0.520. The van der Waals surface area contributed by atoms with Gasteiger partial charge < -0.3 is 14.8 Å². The summed E-state index contributed by atoms with van der Waals surface area (Å²) in [5.41, 5.74) is 0.412.